The minimum Gasteiger partial charge on any atom is -0.310 e. The molecule has 31 heavy (non-hydrogen) atoms. The lowest BCUT2D eigenvalue weighted by molar-refractivity contribution is -0.120. The van der Waals surface area contributed by atoms with Crippen LogP contribution in [-0.2, 0) is 16.6 Å². The van der Waals surface area contributed by atoms with Gasteiger partial charge in [0.25, 0.3) is 0 Å². The molecule has 1 N–H and O–H groups in total. The molecular formula is C25H26N4O2. The third-order valence-corrected chi connectivity index (χ3v) is 6.29. The Balaban J connectivity index is 1.49. The summed E-state index contributed by atoms with van der Waals surface area (Å²) in [6.45, 7) is 7.85. The number of pyridine rings is 3. The molecule has 0 aliphatic carbocycles. The highest BCUT2D eigenvalue weighted by Crippen LogP contribution is 2.45. The Morgan fingerprint density at radius 2 is 1.87 bits per heavy atom. The minimum absolute atomic E-state index is 0.00527. The molecule has 0 spiro atoms. The van der Waals surface area contributed by atoms with E-state index in [1.807, 2.05) is 58.0 Å². The van der Waals surface area contributed by atoms with Crippen molar-refractivity contribution in [2.45, 2.75) is 51.9 Å². The van der Waals surface area contributed by atoms with Crippen LogP contribution >= 0.6 is 0 Å². The van der Waals surface area contributed by atoms with E-state index < -0.39 is 5.41 Å². The standard InChI is InChI=1S/C25H26N4O2/c1-15-12-18(13-16(2)28-15)7-10-22(30)21-9-8-19(14-27-21)17(3)25(4)20-6-5-11-26-23(20)29-24(25)31/h5-6,8-9,11-14,17H,7,10H2,1-4H3,(H,26,29,31)/t17-,25?/m1/s1. The molecule has 0 saturated carbocycles. The first-order valence-electron chi connectivity index (χ1n) is 10.5. The van der Waals surface area contributed by atoms with E-state index in [0.717, 1.165) is 28.1 Å². The largest absolute Gasteiger partial charge is 0.310 e. The summed E-state index contributed by atoms with van der Waals surface area (Å²) in [4.78, 5) is 38.5. The van der Waals surface area contributed by atoms with Gasteiger partial charge >= 0.3 is 0 Å². The molecule has 1 unspecified atom stereocenters. The third kappa shape index (κ3) is 3.85. The van der Waals surface area contributed by atoms with Crippen molar-refractivity contribution < 1.29 is 9.59 Å². The Bertz CT molecular complexity index is 1140. The lowest BCUT2D eigenvalue weighted by Gasteiger charge is -2.29. The summed E-state index contributed by atoms with van der Waals surface area (Å²) in [7, 11) is 0. The van der Waals surface area contributed by atoms with Gasteiger partial charge in [-0.1, -0.05) is 19.1 Å². The summed E-state index contributed by atoms with van der Waals surface area (Å²) in [5.74, 6) is 0.419. The van der Waals surface area contributed by atoms with E-state index in [1.165, 1.54) is 0 Å². The van der Waals surface area contributed by atoms with Gasteiger partial charge in [-0.2, -0.15) is 0 Å². The van der Waals surface area contributed by atoms with Crippen LogP contribution in [0.15, 0.2) is 48.8 Å². The number of carbonyl (C=O) groups is 2. The van der Waals surface area contributed by atoms with Crippen molar-refractivity contribution in [3.8, 4) is 0 Å². The monoisotopic (exact) mass is 414 g/mol. The molecule has 6 nitrogen and oxygen atoms in total. The molecule has 6 heteroatoms. The van der Waals surface area contributed by atoms with Crippen molar-refractivity contribution in [3.63, 3.8) is 0 Å². The predicted molar refractivity (Wildman–Crippen MR) is 119 cm³/mol. The van der Waals surface area contributed by atoms with E-state index >= 15 is 0 Å². The van der Waals surface area contributed by atoms with Crippen LogP contribution in [0.2, 0.25) is 0 Å². The van der Waals surface area contributed by atoms with Gasteiger partial charge in [-0.25, -0.2) is 4.98 Å². The van der Waals surface area contributed by atoms with Crippen LogP contribution in [0.4, 0.5) is 5.82 Å². The number of nitrogens with zero attached hydrogens (tertiary/aromatic N) is 3. The Hall–Kier alpha value is -3.41. The number of anilines is 1. The van der Waals surface area contributed by atoms with Gasteiger partial charge in [0.1, 0.15) is 11.5 Å². The molecule has 3 aromatic rings. The van der Waals surface area contributed by atoms with Crippen LogP contribution in [-0.4, -0.2) is 26.6 Å². The first kappa shape index (κ1) is 20.8. The van der Waals surface area contributed by atoms with E-state index in [-0.39, 0.29) is 17.6 Å². The van der Waals surface area contributed by atoms with Crippen molar-refractivity contribution in [2.24, 2.45) is 0 Å². The molecule has 2 atom stereocenters. The summed E-state index contributed by atoms with van der Waals surface area (Å²) in [6.07, 6.45) is 4.44. The molecule has 0 fully saturated rings. The van der Waals surface area contributed by atoms with Crippen molar-refractivity contribution >= 4 is 17.5 Å². The van der Waals surface area contributed by atoms with Gasteiger partial charge in [-0.05, 0) is 62.6 Å². The highest BCUT2D eigenvalue weighted by Gasteiger charge is 2.47. The number of carbonyl (C=O) groups excluding carboxylic acids is 2. The molecule has 3 aromatic heterocycles. The maximum absolute atomic E-state index is 12.8. The zero-order valence-corrected chi connectivity index (χ0v) is 18.3. The number of aryl methyl sites for hydroxylation is 3. The number of fused-ring (bicyclic) bond motifs is 1. The number of hydrogen-bond acceptors (Lipinski definition) is 5. The fourth-order valence-electron chi connectivity index (χ4n) is 4.32. The summed E-state index contributed by atoms with van der Waals surface area (Å²) in [6, 6.07) is 11.5. The van der Waals surface area contributed by atoms with Crippen LogP contribution in [0.5, 0.6) is 0 Å². The smallest absolute Gasteiger partial charge is 0.236 e. The van der Waals surface area contributed by atoms with Gasteiger partial charge in [0, 0.05) is 41.7 Å². The summed E-state index contributed by atoms with van der Waals surface area (Å²) in [5, 5.41) is 2.88. The molecule has 4 rings (SSSR count). The molecule has 158 valence electrons. The Labute approximate surface area is 182 Å². The average molecular weight is 415 g/mol. The SMILES string of the molecule is Cc1cc(CCC(=O)c2ccc([C@@H](C)C3(C)C(=O)Nc4ncccc43)cn2)cc(C)n1. The fourth-order valence-corrected chi connectivity index (χ4v) is 4.32. The lowest BCUT2D eigenvalue weighted by Crippen LogP contribution is -2.36. The summed E-state index contributed by atoms with van der Waals surface area (Å²) >= 11 is 0. The molecule has 0 aromatic carbocycles. The van der Waals surface area contributed by atoms with Crippen LogP contribution in [0.1, 0.15) is 64.8 Å². The summed E-state index contributed by atoms with van der Waals surface area (Å²) in [5.41, 5.74) is 4.52. The second kappa shape index (κ2) is 8.02. The highest BCUT2D eigenvalue weighted by atomic mass is 16.2. The number of Topliss-reactive ketones (excluding diaryl/α,β-unsaturated/α-hetero) is 1. The number of aromatic nitrogens is 3. The quantitative estimate of drug-likeness (QED) is 0.607. The van der Waals surface area contributed by atoms with Gasteiger partial charge in [0.2, 0.25) is 5.91 Å². The van der Waals surface area contributed by atoms with E-state index in [4.69, 9.17) is 0 Å². The molecule has 0 bridgehead atoms. The van der Waals surface area contributed by atoms with Crippen LogP contribution < -0.4 is 5.32 Å². The number of amides is 1. The Morgan fingerprint density at radius 1 is 1.13 bits per heavy atom. The second-order valence-corrected chi connectivity index (χ2v) is 8.44. The predicted octanol–water partition coefficient (Wildman–Crippen LogP) is 4.32. The first-order valence-corrected chi connectivity index (χ1v) is 10.5. The molecule has 0 radical (unpaired) electrons. The third-order valence-electron chi connectivity index (χ3n) is 6.29. The average Bonchev–Trinajstić information content (AvgIpc) is 3.02. The van der Waals surface area contributed by atoms with Crippen LogP contribution in [0.3, 0.4) is 0 Å². The van der Waals surface area contributed by atoms with Crippen molar-refractivity contribution in [2.75, 3.05) is 5.32 Å². The normalized spacial score (nSPS) is 18.4. The molecule has 1 amide bonds. The Morgan fingerprint density at radius 3 is 2.55 bits per heavy atom. The number of nitrogens with one attached hydrogen (secondary N) is 1. The molecule has 1 aliphatic rings. The van der Waals surface area contributed by atoms with E-state index in [9.17, 15) is 9.59 Å². The maximum atomic E-state index is 12.8. The lowest BCUT2D eigenvalue weighted by atomic mass is 9.71. The molecule has 0 saturated heterocycles. The molecule has 1 aliphatic heterocycles. The number of rotatable bonds is 6. The zero-order valence-electron chi connectivity index (χ0n) is 18.3. The van der Waals surface area contributed by atoms with Gasteiger partial charge < -0.3 is 5.32 Å². The number of hydrogen-bond donors (Lipinski definition) is 1. The topological polar surface area (TPSA) is 84.8 Å². The second-order valence-electron chi connectivity index (χ2n) is 8.44. The number of ketones is 1. The van der Waals surface area contributed by atoms with Gasteiger partial charge in [0.15, 0.2) is 5.78 Å². The minimum atomic E-state index is -0.742. The summed E-state index contributed by atoms with van der Waals surface area (Å²) < 4.78 is 0. The zero-order chi connectivity index (χ0) is 22.2. The highest BCUT2D eigenvalue weighted by molar-refractivity contribution is 6.05. The first-order chi connectivity index (χ1) is 14.8. The fraction of sp³-hybridized carbons (Fsp3) is 0.320. The van der Waals surface area contributed by atoms with Crippen LogP contribution in [0, 0.1) is 13.8 Å². The van der Waals surface area contributed by atoms with Crippen molar-refractivity contribution in [1.82, 2.24) is 15.0 Å². The molecule has 4 heterocycles. The van der Waals surface area contributed by atoms with E-state index in [0.29, 0.717) is 24.4 Å². The van der Waals surface area contributed by atoms with E-state index in [1.54, 1.807) is 18.5 Å². The molecular weight excluding hydrogens is 388 g/mol. The maximum Gasteiger partial charge on any atom is 0.236 e. The van der Waals surface area contributed by atoms with Gasteiger partial charge in [0.05, 0.1) is 5.41 Å². The van der Waals surface area contributed by atoms with Crippen molar-refractivity contribution in [3.05, 3.63) is 82.6 Å². The van der Waals surface area contributed by atoms with Crippen molar-refractivity contribution in [1.29, 1.82) is 0 Å². The van der Waals surface area contributed by atoms with E-state index in [2.05, 4.69) is 20.3 Å². The van der Waals surface area contributed by atoms with Gasteiger partial charge in [-0.15, -0.1) is 0 Å². The van der Waals surface area contributed by atoms with Crippen LogP contribution in [0.25, 0.3) is 0 Å². The Kier molecular flexibility index (Phi) is 5.39. The van der Waals surface area contributed by atoms with Gasteiger partial charge in [-0.3, -0.25) is 19.6 Å².